The first kappa shape index (κ1) is 18.6. The zero-order valence-electron chi connectivity index (χ0n) is 15.5. The smallest absolute Gasteiger partial charge is 0.321 e. The van der Waals surface area contributed by atoms with Gasteiger partial charge in [0.2, 0.25) is 11.8 Å². The summed E-state index contributed by atoms with van der Waals surface area (Å²) in [5, 5.41) is 2.86. The quantitative estimate of drug-likeness (QED) is 0.828. The molecular formula is C18H22N4O5. The zero-order chi connectivity index (χ0) is 19.2. The van der Waals surface area contributed by atoms with Crippen LogP contribution in [0.4, 0.5) is 10.5 Å². The van der Waals surface area contributed by atoms with Crippen LogP contribution in [0.1, 0.15) is 6.42 Å². The van der Waals surface area contributed by atoms with Gasteiger partial charge in [0.15, 0.2) is 11.5 Å². The number of benzene rings is 1. The molecule has 1 aromatic carbocycles. The van der Waals surface area contributed by atoms with Crippen molar-refractivity contribution < 1.29 is 23.7 Å². The van der Waals surface area contributed by atoms with E-state index in [0.717, 1.165) is 0 Å². The van der Waals surface area contributed by atoms with E-state index < -0.39 is 0 Å². The van der Waals surface area contributed by atoms with Gasteiger partial charge in [0.1, 0.15) is 6.10 Å². The number of amides is 2. The number of hydrogen-bond donors (Lipinski definition) is 1. The molecule has 1 aliphatic rings. The van der Waals surface area contributed by atoms with Crippen molar-refractivity contribution in [2.75, 3.05) is 39.7 Å². The van der Waals surface area contributed by atoms with Crippen molar-refractivity contribution in [2.45, 2.75) is 12.5 Å². The van der Waals surface area contributed by atoms with Gasteiger partial charge in [0.25, 0.3) is 0 Å². The van der Waals surface area contributed by atoms with Gasteiger partial charge in [-0.05, 0) is 12.1 Å². The third kappa shape index (κ3) is 4.49. The summed E-state index contributed by atoms with van der Waals surface area (Å²) in [6.45, 7) is 1.04. The molecule has 0 bridgehead atoms. The van der Waals surface area contributed by atoms with Crippen LogP contribution < -0.4 is 24.3 Å². The highest BCUT2D eigenvalue weighted by molar-refractivity contribution is 5.90. The number of nitrogens with zero attached hydrogens (tertiary/aromatic N) is 3. The molecule has 0 spiro atoms. The van der Waals surface area contributed by atoms with E-state index in [9.17, 15) is 4.79 Å². The summed E-state index contributed by atoms with van der Waals surface area (Å²) in [7, 11) is 4.63. The van der Waals surface area contributed by atoms with Crippen LogP contribution in [-0.2, 0) is 0 Å². The van der Waals surface area contributed by atoms with Crippen LogP contribution in [0.15, 0.2) is 30.6 Å². The molecule has 1 aromatic heterocycles. The zero-order valence-corrected chi connectivity index (χ0v) is 15.5. The van der Waals surface area contributed by atoms with E-state index in [2.05, 4.69) is 15.3 Å². The minimum atomic E-state index is -0.204. The molecule has 0 saturated carbocycles. The van der Waals surface area contributed by atoms with Gasteiger partial charge >= 0.3 is 6.03 Å². The predicted octanol–water partition coefficient (Wildman–Crippen LogP) is 2.19. The highest BCUT2D eigenvalue weighted by Crippen LogP contribution is 2.30. The predicted molar refractivity (Wildman–Crippen MR) is 97.8 cm³/mol. The first-order valence-electron chi connectivity index (χ1n) is 8.43. The van der Waals surface area contributed by atoms with Crippen LogP contribution in [-0.4, -0.2) is 61.4 Å². The Morgan fingerprint density at radius 2 is 1.89 bits per heavy atom. The Morgan fingerprint density at radius 1 is 1.11 bits per heavy atom. The number of aromatic nitrogens is 2. The number of likely N-dealkylation sites (tertiary alicyclic amines) is 1. The van der Waals surface area contributed by atoms with Crippen LogP contribution in [0, 0.1) is 0 Å². The minimum Gasteiger partial charge on any atom is -0.493 e. The van der Waals surface area contributed by atoms with Gasteiger partial charge in [-0.25, -0.2) is 4.79 Å². The number of carbonyl (C=O) groups excluding carboxylic acids is 1. The van der Waals surface area contributed by atoms with Crippen LogP contribution in [0.5, 0.6) is 23.3 Å². The Bertz CT molecular complexity index is 801. The molecule has 0 radical (unpaired) electrons. The SMILES string of the molecule is COc1cncc(OC2CCN(C(=O)Nc3ccc(OC)c(OC)c3)C2)n1. The van der Waals surface area contributed by atoms with Gasteiger partial charge in [-0.1, -0.05) is 0 Å². The molecule has 9 nitrogen and oxygen atoms in total. The van der Waals surface area contributed by atoms with Crippen LogP contribution in [0.2, 0.25) is 0 Å². The van der Waals surface area contributed by atoms with E-state index >= 15 is 0 Å². The number of rotatable bonds is 6. The van der Waals surface area contributed by atoms with Crippen molar-refractivity contribution in [3.8, 4) is 23.3 Å². The topological polar surface area (TPSA) is 95.0 Å². The highest BCUT2D eigenvalue weighted by atomic mass is 16.5. The molecule has 144 valence electrons. The van der Waals surface area contributed by atoms with Gasteiger partial charge in [-0.3, -0.25) is 4.98 Å². The van der Waals surface area contributed by atoms with E-state index in [1.807, 2.05) is 0 Å². The maximum absolute atomic E-state index is 12.5. The van der Waals surface area contributed by atoms with Crippen LogP contribution in [0.3, 0.4) is 0 Å². The molecule has 2 aromatic rings. The Balaban J connectivity index is 1.57. The second-order valence-corrected chi connectivity index (χ2v) is 5.87. The molecule has 1 N–H and O–H groups in total. The summed E-state index contributed by atoms with van der Waals surface area (Å²) in [6.07, 6.45) is 3.58. The Morgan fingerprint density at radius 3 is 2.63 bits per heavy atom. The summed E-state index contributed by atoms with van der Waals surface area (Å²) < 4.78 is 21.3. The molecule has 9 heteroatoms. The second kappa shape index (κ2) is 8.43. The van der Waals surface area contributed by atoms with E-state index in [1.54, 1.807) is 37.3 Å². The second-order valence-electron chi connectivity index (χ2n) is 5.87. The lowest BCUT2D eigenvalue weighted by Gasteiger charge is -2.18. The third-order valence-electron chi connectivity index (χ3n) is 4.15. The molecule has 1 unspecified atom stereocenters. The maximum atomic E-state index is 12.5. The van der Waals surface area contributed by atoms with Gasteiger partial charge in [-0.2, -0.15) is 4.98 Å². The summed E-state index contributed by atoms with van der Waals surface area (Å²) in [5.74, 6) is 1.91. The summed E-state index contributed by atoms with van der Waals surface area (Å²) >= 11 is 0. The standard InChI is InChI=1S/C18H22N4O5/c1-24-14-5-4-12(8-15(14)25-2)20-18(23)22-7-6-13(11-22)27-17-10-19-9-16(21-17)26-3/h4-5,8-10,13H,6-7,11H2,1-3H3,(H,20,23). The Kier molecular flexibility index (Phi) is 5.80. The minimum absolute atomic E-state index is 0.150. The van der Waals surface area contributed by atoms with Crippen molar-refractivity contribution >= 4 is 11.7 Å². The third-order valence-corrected chi connectivity index (χ3v) is 4.15. The molecule has 1 fully saturated rings. The number of urea groups is 1. The fraction of sp³-hybridized carbons (Fsp3) is 0.389. The van der Waals surface area contributed by atoms with Crippen molar-refractivity contribution in [3.05, 3.63) is 30.6 Å². The number of methoxy groups -OCH3 is 3. The molecule has 0 aliphatic carbocycles. The van der Waals surface area contributed by atoms with Crippen LogP contribution in [0.25, 0.3) is 0 Å². The van der Waals surface area contributed by atoms with Crippen molar-refractivity contribution in [2.24, 2.45) is 0 Å². The largest absolute Gasteiger partial charge is 0.493 e. The van der Waals surface area contributed by atoms with Crippen LogP contribution >= 0.6 is 0 Å². The molecule has 3 rings (SSSR count). The van der Waals surface area contributed by atoms with Crippen molar-refractivity contribution in [3.63, 3.8) is 0 Å². The van der Waals surface area contributed by atoms with Crippen molar-refractivity contribution in [1.29, 1.82) is 0 Å². The van der Waals surface area contributed by atoms with Gasteiger partial charge in [0.05, 0.1) is 40.3 Å². The van der Waals surface area contributed by atoms with Gasteiger partial charge < -0.3 is 29.2 Å². The van der Waals surface area contributed by atoms with E-state index in [1.165, 1.54) is 19.5 Å². The van der Waals surface area contributed by atoms with E-state index in [-0.39, 0.29) is 12.1 Å². The summed E-state index contributed by atoms with van der Waals surface area (Å²) in [6, 6.07) is 5.01. The van der Waals surface area contributed by atoms with E-state index in [0.29, 0.717) is 48.5 Å². The molecule has 1 saturated heterocycles. The Labute approximate surface area is 157 Å². The fourth-order valence-electron chi connectivity index (χ4n) is 2.78. The fourth-order valence-corrected chi connectivity index (χ4v) is 2.78. The van der Waals surface area contributed by atoms with Gasteiger partial charge in [-0.15, -0.1) is 0 Å². The molecule has 1 aliphatic heterocycles. The average Bonchev–Trinajstić information content (AvgIpc) is 3.16. The molecule has 1 atom stereocenters. The number of nitrogens with one attached hydrogen (secondary N) is 1. The lowest BCUT2D eigenvalue weighted by Crippen LogP contribution is -2.34. The summed E-state index contributed by atoms with van der Waals surface area (Å²) in [5.41, 5.74) is 0.626. The number of ether oxygens (including phenoxy) is 4. The van der Waals surface area contributed by atoms with Gasteiger partial charge in [0, 0.05) is 24.7 Å². The first-order chi connectivity index (χ1) is 13.1. The Hall–Kier alpha value is -3.23. The molecule has 2 heterocycles. The van der Waals surface area contributed by atoms with Crippen molar-refractivity contribution in [1.82, 2.24) is 14.9 Å². The summed E-state index contributed by atoms with van der Waals surface area (Å²) in [4.78, 5) is 22.4. The number of carbonyl (C=O) groups is 1. The monoisotopic (exact) mass is 374 g/mol. The molecular weight excluding hydrogens is 352 g/mol. The molecule has 27 heavy (non-hydrogen) atoms. The maximum Gasteiger partial charge on any atom is 0.321 e. The lowest BCUT2D eigenvalue weighted by molar-refractivity contribution is 0.188. The highest BCUT2D eigenvalue weighted by Gasteiger charge is 2.28. The lowest BCUT2D eigenvalue weighted by atomic mass is 10.3. The normalized spacial score (nSPS) is 16.0. The molecule has 2 amide bonds. The average molecular weight is 374 g/mol. The first-order valence-corrected chi connectivity index (χ1v) is 8.43. The number of hydrogen-bond acceptors (Lipinski definition) is 7. The number of anilines is 1. The van der Waals surface area contributed by atoms with E-state index in [4.69, 9.17) is 18.9 Å².